The van der Waals surface area contributed by atoms with Gasteiger partial charge in [0.05, 0.1) is 0 Å². The molecule has 2 rings (SSSR count). The minimum absolute atomic E-state index is 0.536. The van der Waals surface area contributed by atoms with Crippen LogP contribution < -0.4 is 11.1 Å². The van der Waals surface area contributed by atoms with Crippen LogP contribution in [0.1, 0.15) is 0 Å². The maximum absolute atomic E-state index is 5.63. The van der Waals surface area contributed by atoms with Gasteiger partial charge in [0.2, 0.25) is 0 Å². The second-order valence-corrected chi connectivity index (χ2v) is 3.93. The number of nitrogen functional groups attached to an aromatic ring is 1. The van der Waals surface area contributed by atoms with E-state index in [9.17, 15) is 0 Å². The molecular weight excluding hydrogens is 172 g/mol. The lowest BCUT2D eigenvalue weighted by molar-refractivity contribution is 0.543. The predicted molar refractivity (Wildman–Crippen MR) is 49.0 cm³/mol. The number of nitrogens with zero attached hydrogens (tertiary/aromatic N) is 2. The van der Waals surface area contributed by atoms with Crippen LogP contribution in [0.15, 0.2) is 17.4 Å². The van der Waals surface area contributed by atoms with Crippen molar-refractivity contribution < 1.29 is 0 Å². The second-order valence-electron chi connectivity index (χ2n) is 2.64. The third kappa shape index (κ3) is 1.51. The smallest absolute Gasteiger partial charge is 0.156 e. The standard InChI is InChI=1S/C7H10N4S/c8-6-7(11-2-1-10-6)12-5-3-9-4-5/h1-2,5,9H,3-4H2,(H2,8,10). The summed E-state index contributed by atoms with van der Waals surface area (Å²) in [5, 5.41) is 4.66. The normalized spacial score (nSPS) is 17.3. The SMILES string of the molecule is Nc1nccnc1SC1CNC1. The van der Waals surface area contributed by atoms with Gasteiger partial charge in [-0.05, 0) is 0 Å². The highest BCUT2D eigenvalue weighted by Crippen LogP contribution is 2.26. The Morgan fingerprint density at radius 3 is 2.75 bits per heavy atom. The van der Waals surface area contributed by atoms with Gasteiger partial charge in [0, 0.05) is 30.7 Å². The van der Waals surface area contributed by atoms with Crippen molar-refractivity contribution in [1.29, 1.82) is 0 Å². The van der Waals surface area contributed by atoms with Gasteiger partial charge in [0.1, 0.15) is 5.03 Å². The molecule has 1 aromatic heterocycles. The van der Waals surface area contributed by atoms with Crippen LogP contribution in [-0.4, -0.2) is 28.3 Å². The first kappa shape index (κ1) is 7.82. The monoisotopic (exact) mass is 182 g/mol. The molecule has 0 aromatic carbocycles. The molecule has 0 spiro atoms. The summed E-state index contributed by atoms with van der Waals surface area (Å²) in [5.41, 5.74) is 5.63. The van der Waals surface area contributed by atoms with Crippen molar-refractivity contribution in [1.82, 2.24) is 15.3 Å². The number of thioether (sulfide) groups is 1. The molecule has 64 valence electrons. The van der Waals surface area contributed by atoms with Crippen LogP contribution in [0.2, 0.25) is 0 Å². The first-order valence-corrected chi connectivity index (χ1v) is 4.68. The summed E-state index contributed by atoms with van der Waals surface area (Å²) in [7, 11) is 0. The summed E-state index contributed by atoms with van der Waals surface area (Å²) < 4.78 is 0. The van der Waals surface area contributed by atoms with Crippen molar-refractivity contribution in [2.45, 2.75) is 10.3 Å². The lowest BCUT2D eigenvalue weighted by Crippen LogP contribution is -2.44. The Hall–Kier alpha value is -0.810. The van der Waals surface area contributed by atoms with Gasteiger partial charge in [0.25, 0.3) is 0 Å². The quantitative estimate of drug-likeness (QED) is 0.680. The Bertz CT molecular complexity index is 274. The molecule has 1 fully saturated rings. The number of rotatable bonds is 2. The van der Waals surface area contributed by atoms with Crippen LogP contribution >= 0.6 is 11.8 Å². The van der Waals surface area contributed by atoms with Crippen molar-refractivity contribution in [3.63, 3.8) is 0 Å². The summed E-state index contributed by atoms with van der Waals surface area (Å²) in [6.45, 7) is 2.08. The molecular formula is C7H10N4S. The van der Waals surface area contributed by atoms with Gasteiger partial charge in [-0.25, -0.2) is 9.97 Å². The van der Waals surface area contributed by atoms with Gasteiger partial charge >= 0.3 is 0 Å². The lowest BCUT2D eigenvalue weighted by Gasteiger charge is -2.25. The molecule has 0 aliphatic carbocycles. The third-order valence-corrected chi connectivity index (χ3v) is 2.92. The van der Waals surface area contributed by atoms with Crippen LogP contribution in [0, 0.1) is 0 Å². The summed E-state index contributed by atoms with van der Waals surface area (Å²) in [4.78, 5) is 8.11. The fraction of sp³-hybridized carbons (Fsp3) is 0.429. The minimum atomic E-state index is 0.536. The largest absolute Gasteiger partial charge is 0.381 e. The molecule has 0 saturated carbocycles. The zero-order chi connectivity index (χ0) is 8.39. The topological polar surface area (TPSA) is 63.8 Å². The van der Waals surface area contributed by atoms with Gasteiger partial charge in [0.15, 0.2) is 5.82 Å². The van der Waals surface area contributed by atoms with E-state index in [-0.39, 0.29) is 0 Å². The maximum atomic E-state index is 5.63. The Morgan fingerprint density at radius 2 is 2.17 bits per heavy atom. The number of hydrogen-bond donors (Lipinski definition) is 2. The molecule has 1 aromatic rings. The van der Waals surface area contributed by atoms with E-state index in [1.165, 1.54) is 0 Å². The van der Waals surface area contributed by atoms with Crippen molar-refractivity contribution in [2.75, 3.05) is 18.8 Å². The van der Waals surface area contributed by atoms with E-state index in [4.69, 9.17) is 5.73 Å². The fourth-order valence-electron chi connectivity index (χ4n) is 0.930. The van der Waals surface area contributed by atoms with Crippen LogP contribution in [0.25, 0.3) is 0 Å². The van der Waals surface area contributed by atoms with Gasteiger partial charge in [-0.15, -0.1) is 0 Å². The summed E-state index contributed by atoms with van der Waals surface area (Å²) in [5.74, 6) is 0.536. The second kappa shape index (κ2) is 3.28. The number of nitrogens with two attached hydrogens (primary N) is 1. The third-order valence-electron chi connectivity index (χ3n) is 1.71. The average molecular weight is 182 g/mol. The van der Waals surface area contributed by atoms with E-state index >= 15 is 0 Å². The predicted octanol–water partition coefficient (Wildman–Crippen LogP) is 0.123. The van der Waals surface area contributed by atoms with E-state index in [1.54, 1.807) is 24.2 Å². The molecule has 0 unspecified atom stereocenters. The fourth-order valence-corrected chi connectivity index (χ4v) is 1.94. The van der Waals surface area contributed by atoms with E-state index < -0.39 is 0 Å². The first-order valence-electron chi connectivity index (χ1n) is 3.80. The van der Waals surface area contributed by atoms with Gasteiger partial charge in [-0.3, -0.25) is 0 Å². The highest BCUT2D eigenvalue weighted by Gasteiger charge is 2.19. The maximum Gasteiger partial charge on any atom is 0.156 e. The van der Waals surface area contributed by atoms with Crippen molar-refractivity contribution in [3.8, 4) is 0 Å². The van der Waals surface area contributed by atoms with Gasteiger partial charge in [-0.1, -0.05) is 11.8 Å². The van der Waals surface area contributed by atoms with E-state index in [2.05, 4.69) is 15.3 Å². The average Bonchev–Trinajstić information content (AvgIpc) is 2.00. The van der Waals surface area contributed by atoms with E-state index in [1.807, 2.05) is 0 Å². The van der Waals surface area contributed by atoms with E-state index in [0.717, 1.165) is 18.1 Å². The van der Waals surface area contributed by atoms with Crippen molar-refractivity contribution in [2.24, 2.45) is 0 Å². The molecule has 1 aliphatic rings. The first-order chi connectivity index (χ1) is 5.86. The zero-order valence-corrected chi connectivity index (χ0v) is 7.34. The minimum Gasteiger partial charge on any atom is -0.381 e. The van der Waals surface area contributed by atoms with Crippen LogP contribution in [0.3, 0.4) is 0 Å². The molecule has 5 heteroatoms. The number of nitrogens with one attached hydrogen (secondary N) is 1. The highest BCUT2D eigenvalue weighted by molar-refractivity contribution is 8.00. The summed E-state index contributed by atoms with van der Waals surface area (Å²) in [6.07, 6.45) is 3.28. The molecule has 12 heavy (non-hydrogen) atoms. The molecule has 3 N–H and O–H groups in total. The van der Waals surface area contributed by atoms with Gasteiger partial charge in [-0.2, -0.15) is 0 Å². The van der Waals surface area contributed by atoms with Crippen molar-refractivity contribution in [3.05, 3.63) is 12.4 Å². The molecule has 0 radical (unpaired) electrons. The molecule has 1 aliphatic heterocycles. The Balaban J connectivity index is 2.06. The molecule has 0 amide bonds. The van der Waals surface area contributed by atoms with Crippen molar-refractivity contribution >= 4 is 17.6 Å². The van der Waals surface area contributed by atoms with Crippen LogP contribution in [0.5, 0.6) is 0 Å². The summed E-state index contributed by atoms with van der Waals surface area (Å²) >= 11 is 1.70. The Labute approximate surface area is 75.0 Å². The molecule has 2 heterocycles. The number of hydrogen-bond acceptors (Lipinski definition) is 5. The van der Waals surface area contributed by atoms with Crippen LogP contribution in [-0.2, 0) is 0 Å². The molecule has 4 nitrogen and oxygen atoms in total. The van der Waals surface area contributed by atoms with Crippen LogP contribution in [0.4, 0.5) is 5.82 Å². The number of anilines is 1. The summed E-state index contributed by atoms with van der Waals surface area (Å²) in [6, 6.07) is 0. The van der Waals surface area contributed by atoms with Gasteiger partial charge < -0.3 is 11.1 Å². The lowest BCUT2D eigenvalue weighted by atomic mass is 10.3. The molecule has 0 atom stereocenters. The zero-order valence-electron chi connectivity index (χ0n) is 6.53. The Morgan fingerprint density at radius 1 is 1.42 bits per heavy atom. The number of aromatic nitrogens is 2. The van der Waals surface area contributed by atoms with E-state index in [0.29, 0.717) is 11.1 Å². The molecule has 0 bridgehead atoms. The Kier molecular flexibility index (Phi) is 2.14. The highest BCUT2D eigenvalue weighted by atomic mass is 32.2. The molecule has 1 saturated heterocycles.